The molecule has 1 heterocycles. The summed E-state index contributed by atoms with van der Waals surface area (Å²) in [5.41, 5.74) is 1.31. The molecular weight excluding hydrogens is 262 g/mol. The highest BCUT2D eigenvalue weighted by Crippen LogP contribution is 2.32. The number of halogens is 1. The van der Waals surface area contributed by atoms with Crippen LogP contribution in [0.2, 0.25) is 5.02 Å². The molecule has 1 saturated heterocycles. The molecule has 5 heteroatoms. The van der Waals surface area contributed by atoms with Crippen molar-refractivity contribution in [1.29, 1.82) is 5.26 Å². The number of aliphatic hydroxyl groups excluding tert-OH is 1. The summed E-state index contributed by atoms with van der Waals surface area (Å²) in [6.07, 6.45) is 0.366. The monoisotopic (exact) mass is 279 g/mol. The van der Waals surface area contributed by atoms with Crippen LogP contribution in [0.15, 0.2) is 18.2 Å². The van der Waals surface area contributed by atoms with Gasteiger partial charge in [0.25, 0.3) is 0 Å². The van der Waals surface area contributed by atoms with Crippen LogP contribution in [0.3, 0.4) is 0 Å². The van der Waals surface area contributed by atoms with Gasteiger partial charge in [-0.15, -0.1) is 0 Å². The SMILES string of the molecule is CN(C)CC1CC(O)CN1c1cccc(Cl)c1C#N. The Morgan fingerprint density at radius 3 is 2.89 bits per heavy atom. The van der Waals surface area contributed by atoms with Gasteiger partial charge in [0.15, 0.2) is 0 Å². The van der Waals surface area contributed by atoms with E-state index in [1.54, 1.807) is 6.07 Å². The summed E-state index contributed by atoms with van der Waals surface area (Å²) < 4.78 is 0. The van der Waals surface area contributed by atoms with Crippen molar-refractivity contribution < 1.29 is 5.11 Å². The maximum atomic E-state index is 9.90. The van der Waals surface area contributed by atoms with E-state index in [2.05, 4.69) is 15.9 Å². The van der Waals surface area contributed by atoms with Crippen LogP contribution in [0.5, 0.6) is 0 Å². The molecule has 0 amide bonds. The van der Waals surface area contributed by atoms with Gasteiger partial charge in [-0.3, -0.25) is 0 Å². The molecule has 1 fully saturated rings. The van der Waals surface area contributed by atoms with Crippen LogP contribution in [0.4, 0.5) is 5.69 Å². The van der Waals surface area contributed by atoms with Crippen molar-refractivity contribution in [1.82, 2.24) is 4.90 Å². The average Bonchev–Trinajstić information content (AvgIpc) is 2.68. The van der Waals surface area contributed by atoms with Crippen LogP contribution in [-0.4, -0.2) is 49.3 Å². The molecule has 1 N–H and O–H groups in total. The molecule has 1 aliphatic heterocycles. The van der Waals surface area contributed by atoms with E-state index in [-0.39, 0.29) is 12.1 Å². The van der Waals surface area contributed by atoms with Crippen LogP contribution < -0.4 is 4.90 Å². The fourth-order valence-corrected chi connectivity index (χ4v) is 2.86. The van der Waals surface area contributed by atoms with E-state index in [0.29, 0.717) is 17.1 Å². The molecule has 1 aromatic carbocycles. The highest BCUT2D eigenvalue weighted by Gasteiger charge is 2.32. The van der Waals surface area contributed by atoms with Gasteiger partial charge in [0.1, 0.15) is 6.07 Å². The van der Waals surface area contributed by atoms with Crippen molar-refractivity contribution in [2.45, 2.75) is 18.6 Å². The van der Waals surface area contributed by atoms with Gasteiger partial charge in [-0.05, 0) is 32.6 Å². The van der Waals surface area contributed by atoms with Crippen molar-refractivity contribution in [2.24, 2.45) is 0 Å². The maximum absolute atomic E-state index is 9.90. The highest BCUT2D eigenvalue weighted by atomic mass is 35.5. The molecular formula is C14H18ClN3O. The topological polar surface area (TPSA) is 50.5 Å². The van der Waals surface area contributed by atoms with Crippen molar-refractivity contribution in [3.05, 3.63) is 28.8 Å². The Kier molecular flexibility index (Phi) is 4.31. The van der Waals surface area contributed by atoms with Crippen LogP contribution in [-0.2, 0) is 0 Å². The number of rotatable bonds is 3. The van der Waals surface area contributed by atoms with Gasteiger partial charge in [0.05, 0.1) is 22.4 Å². The Balaban J connectivity index is 2.34. The standard InChI is InChI=1S/C14H18ClN3O/c1-17(2)8-10-6-11(19)9-18(10)14-5-3-4-13(15)12(14)7-16/h3-5,10-11,19H,6,8-9H2,1-2H3. The van der Waals surface area contributed by atoms with Crippen molar-refractivity contribution in [2.75, 3.05) is 32.1 Å². The number of hydrogen-bond acceptors (Lipinski definition) is 4. The third-order valence-electron chi connectivity index (χ3n) is 3.38. The molecule has 19 heavy (non-hydrogen) atoms. The Hall–Kier alpha value is -1.28. The van der Waals surface area contributed by atoms with Gasteiger partial charge >= 0.3 is 0 Å². The molecule has 0 bridgehead atoms. The molecule has 2 rings (SSSR count). The smallest absolute Gasteiger partial charge is 0.103 e. The number of anilines is 1. The van der Waals surface area contributed by atoms with Gasteiger partial charge in [-0.25, -0.2) is 0 Å². The number of likely N-dealkylation sites (N-methyl/N-ethyl adjacent to an activating group) is 1. The first-order valence-electron chi connectivity index (χ1n) is 6.31. The average molecular weight is 280 g/mol. The molecule has 1 aromatic rings. The Labute approximate surface area is 118 Å². The van der Waals surface area contributed by atoms with Crippen molar-refractivity contribution in [3.8, 4) is 6.07 Å². The molecule has 102 valence electrons. The zero-order valence-electron chi connectivity index (χ0n) is 11.2. The van der Waals surface area contributed by atoms with Gasteiger partial charge in [-0.2, -0.15) is 5.26 Å². The predicted octanol–water partition coefficient (Wildman–Crippen LogP) is 1.71. The first-order chi connectivity index (χ1) is 9.02. The molecule has 0 saturated carbocycles. The quantitative estimate of drug-likeness (QED) is 0.915. The predicted molar refractivity (Wildman–Crippen MR) is 76.5 cm³/mol. The number of nitrogens with zero attached hydrogens (tertiary/aromatic N) is 3. The Morgan fingerprint density at radius 1 is 1.53 bits per heavy atom. The second kappa shape index (κ2) is 5.79. The molecule has 0 radical (unpaired) electrons. The summed E-state index contributed by atoms with van der Waals surface area (Å²) in [7, 11) is 4.01. The Morgan fingerprint density at radius 2 is 2.26 bits per heavy atom. The van der Waals surface area contributed by atoms with E-state index < -0.39 is 0 Å². The van der Waals surface area contributed by atoms with Gasteiger partial charge in [0.2, 0.25) is 0 Å². The summed E-state index contributed by atoms with van der Waals surface area (Å²) >= 11 is 6.08. The number of aliphatic hydroxyl groups is 1. The number of hydrogen-bond donors (Lipinski definition) is 1. The third kappa shape index (κ3) is 3.01. The molecule has 2 atom stereocenters. The summed E-state index contributed by atoms with van der Waals surface area (Å²) in [5, 5.41) is 19.6. The third-order valence-corrected chi connectivity index (χ3v) is 3.70. The molecule has 0 aliphatic carbocycles. The minimum absolute atomic E-state index is 0.204. The lowest BCUT2D eigenvalue weighted by Crippen LogP contribution is -2.38. The molecule has 1 aliphatic rings. The fraction of sp³-hybridized carbons (Fsp3) is 0.500. The molecule has 4 nitrogen and oxygen atoms in total. The number of nitriles is 1. The van der Waals surface area contributed by atoms with E-state index >= 15 is 0 Å². The van der Waals surface area contributed by atoms with Crippen LogP contribution in [0.25, 0.3) is 0 Å². The Bertz CT molecular complexity index is 498. The van der Waals surface area contributed by atoms with Crippen LogP contribution in [0, 0.1) is 11.3 Å². The van der Waals surface area contributed by atoms with E-state index in [1.807, 2.05) is 26.2 Å². The summed E-state index contributed by atoms with van der Waals surface area (Å²) in [5.74, 6) is 0. The maximum Gasteiger partial charge on any atom is 0.103 e. The van der Waals surface area contributed by atoms with E-state index in [4.69, 9.17) is 11.6 Å². The summed E-state index contributed by atoms with van der Waals surface area (Å²) in [6, 6.07) is 7.82. The number of benzene rings is 1. The fourth-order valence-electron chi connectivity index (χ4n) is 2.64. The van der Waals surface area contributed by atoms with Crippen molar-refractivity contribution in [3.63, 3.8) is 0 Å². The van der Waals surface area contributed by atoms with Gasteiger partial charge in [-0.1, -0.05) is 17.7 Å². The number of β-amino-alcohol motifs (C(OH)–C–C–N with tert-alkyl or cyclic N) is 1. The van der Waals surface area contributed by atoms with E-state index in [0.717, 1.165) is 18.7 Å². The van der Waals surface area contributed by atoms with E-state index in [9.17, 15) is 10.4 Å². The van der Waals surface area contributed by atoms with Crippen molar-refractivity contribution >= 4 is 17.3 Å². The van der Waals surface area contributed by atoms with Crippen LogP contribution >= 0.6 is 11.6 Å². The highest BCUT2D eigenvalue weighted by molar-refractivity contribution is 6.32. The second-order valence-corrected chi connectivity index (χ2v) is 5.61. The van der Waals surface area contributed by atoms with E-state index in [1.165, 1.54) is 0 Å². The zero-order valence-corrected chi connectivity index (χ0v) is 11.9. The summed E-state index contributed by atoms with van der Waals surface area (Å²) in [4.78, 5) is 4.18. The van der Waals surface area contributed by atoms with Gasteiger partial charge in [0, 0.05) is 19.1 Å². The largest absolute Gasteiger partial charge is 0.391 e. The molecule has 0 aromatic heterocycles. The lowest BCUT2D eigenvalue weighted by molar-refractivity contribution is 0.191. The first kappa shape index (κ1) is 14.1. The first-order valence-corrected chi connectivity index (χ1v) is 6.68. The molecule has 0 spiro atoms. The normalized spacial score (nSPS) is 22.8. The second-order valence-electron chi connectivity index (χ2n) is 5.20. The van der Waals surface area contributed by atoms with Gasteiger partial charge < -0.3 is 14.9 Å². The van der Waals surface area contributed by atoms with Crippen LogP contribution in [0.1, 0.15) is 12.0 Å². The minimum Gasteiger partial charge on any atom is -0.391 e. The zero-order chi connectivity index (χ0) is 14.0. The lowest BCUT2D eigenvalue weighted by atomic mass is 10.1. The molecule has 2 unspecified atom stereocenters. The summed E-state index contributed by atoms with van der Waals surface area (Å²) in [6.45, 7) is 1.39. The minimum atomic E-state index is -0.351. The lowest BCUT2D eigenvalue weighted by Gasteiger charge is -2.29.